The Bertz CT molecular complexity index is 139. The van der Waals surface area contributed by atoms with E-state index >= 15 is 0 Å². The molecule has 4 heteroatoms. The molecule has 0 aliphatic heterocycles. The second-order valence-electron chi connectivity index (χ2n) is 2.00. The van der Waals surface area contributed by atoms with Crippen LogP contribution < -0.4 is 11.1 Å². The monoisotopic (exact) mass is 143 g/mol. The van der Waals surface area contributed by atoms with Crippen LogP contribution >= 0.6 is 12.2 Å². The average Bonchev–Trinajstić information content (AvgIpc) is 2.50. The van der Waals surface area contributed by atoms with Crippen molar-refractivity contribution in [3.63, 3.8) is 0 Å². The number of thiocarbonyl (C=S) groups is 1. The molecule has 0 bridgehead atoms. The van der Waals surface area contributed by atoms with E-state index in [0.717, 1.165) is 0 Å². The Kier molecular flexibility index (Phi) is 2.00. The summed E-state index contributed by atoms with van der Waals surface area (Å²) in [5.74, 6) is 0. The molecule has 0 aromatic carbocycles. The van der Waals surface area contributed by atoms with Crippen molar-refractivity contribution in [3.8, 4) is 0 Å². The molecule has 0 atom stereocenters. The number of hydrogen-bond donors (Lipinski definition) is 2. The summed E-state index contributed by atoms with van der Waals surface area (Å²) in [6.45, 7) is 0. The summed E-state index contributed by atoms with van der Waals surface area (Å²) in [4.78, 5) is 3.68. The summed E-state index contributed by atoms with van der Waals surface area (Å²) in [6, 6.07) is 0.571. The first-order valence-corrected chi connectivity index (χ1v) is 3.28. The second-order valence-corrected chi connectivity index (χ2v) is 2.39. The number of nitrogens with one attached hydrogen (secondary N) is 1. The van der Waals surface area contributed by atoms with Gasteiger partial charge in [-0.25, -0.2) is 4.99 Å². The predicted molar refractivity (Wildman–Crippen MR) is 41.4 cm³/mol. The van der Waals surface area contributed by atoms with Crippen LogP contribution in [0.5, 0.6) is 0 Å². The molecule has 1 rings (SSSR count). The molecule has 3 N–H and O–H groups in total. The third-order valence-electron chi connectivity index (χ3n) is 1.10. The molecule has 1 fully saturated rings. The summed E-state index contributed by atoms with van der Waals surface area (Å²) in [7, 11) is 0. The lowest BCUT2D eigenvalue weighted by atomic mass is 10.7. The van der Waals surface area contributed by atoms with Crippen molar-refractivity contribution in [2.45, 2.75) is 18.9 Å². The Morgan fingerprint density at radius 2 is 2.44 bits per heavy atom. The first-order chi connectivity index (χ1) is 4.33. The molecule has 0 aromatic rings. The Morgan fingerprint density at radius 1 is 1.78 bits per heavy atom. The zero-order valence-corrected chi connectivity index (χ0v) is 5.82. The summed E-state index contributed by atoms with van der Waals surface area (Å²) in [5.41, 5.74) is 5.01. The van der Waals surface area contributed by atoms with Crippen molar-refractivity contribution in [2.75, 3.05) is 0 Å². The van der Waals surface area contributed by atoms with Crippen LogP contribution in [-0.4, -0.2) is 17.5 Å². The molecule has 0 heterocycles. The highest BCUT2D eigenvalue weighted by Crippen LogP contribution is 2.18. The van der Waals surface area contributed by atoms with Gasteiger partial charge in [0.05, 0.1) is 6.34 Å². The Balaban J connectivity index is 2.17. The minimum Gasteiger partial charge on any atom is -0.390 e. The van der Waals surface area contributed by atoms with E-state index in [9.17, 15) is 0 Å². The molecule has 0 amide bonds. The van der Waals surface area contributed by atoms with Crippen molar-refractivity contribution >= 4 is 23.7 Å². The largest absolute Gasteiger partial charge is 0.390 e. The van der Waals surface area contributed by atoms with Gasteiger partial charge in [-0.1, -0.05) is 0 Å². The third-order valence-corrected chi connectivity index (χ3v) is 1.32. The maximum atomic E-state index is 5.01. The summed E-state index contributed by atoms with van der Waals surface area (Å²) >= 11 is 4.78. The molecular formula is C5H9N3S. The molecule has 0 saturated heterocycles. The van der Waals surface area contributed by atoms with E-state index in [-0.39, 0.29) is 0 Å². The second kappa shape index (κ2) is 2.77. The molecule has 50 valence electrons. The fourth-order valence-corrected chi connectivity index (χ4v) is 0.735. The van der Waals surface area contributed by atoms with Gasteiger partial charge >= 0.3 is 0 Å². The van der Waals surface area contributed by atoms with Crippen molar-refractivity contribution in [2.24, 2.45) is 10.7 Å². The summed E-state index contributed by atoms with van der Waals surface area (Å²) in [5, 5.41) is 3.51. The third kappa shape index (κ3) is 2.41. The van der Waals surface area contributed by atoms with Crippen LogP contribution in [-0.2, 0) is 0 Å². The first-order valence-electron chi connectivity index (χ1n) is 2.87. The lowest BCUT2D eigenvalue weighted by Crippen LogP contribution is -2.22. The normalized spacial score (nSPS) is 18.2. The smallest absolute Gasteiger partial charge is 0.194 e. The van der Waals surface area contributed by atoms with Crippen LogP contribution in [0.1, 0.15) is 12.8 Å². The minimum absolute atomic E-state index is 0.500. The molecular weight excluding hydrogens is 134 g/mol. The molecule has 0 aromatic heterocycles. The quantitative estimate of drug-likeness (QED) is 0.309. The number of nitrogens with two attached hydrogens (primary N) is 1. The lowest BCUT2D eigenvalue weighted by molar-refractivity contribution is 0.914. The van der Waals surface area contributed by atoms with E-state index in [1.807, 2.05) is 0 Å². The fraction of sp³-hybridized carbons (Fsp3) is 0.600. The van der Waals surface area contributed by atoms with Gasteiger partial charge in [-0.2, -0.15) is 0 Å². The Hall–Kier alpha value is -0.640. The van der Waals surface area contributed by atoms with Gasteiger partial charge in [-0.15, -0.1) is 0 Å². The van der Waals surface area contributed by atoms with Crippen LogP contribution in [0.2, 0.25) is 0 Å². The predicted octanol–water partition coefficient (Wildman–Crippen LogP) is 0.0103. The van der Waals surface area contributed by atoms with Gasteiger partial charge < -0.3 is 11.1 Å². The van der Waals surface area contributed by atoms with Gasteiger partial charge in [-0.3, -0.25) is 0 Å². The van der Waals surface area contributed by atoms with Gasteiger partial charge in [-0.05, 0) is 25.1 Å². The SMILES string of the molecule is NC=NC(=S)NC1CC1. The maximum Gasteiger partial charge on any atom is 0.194 e. The molecule has 9 heavy (non-hydrogen) atoms. The molecule has 1 aliphatic rings. The van der Waals surface area contributed by atoms with Crippen LogP contribution in [0.3, 0.4) is 0 Å². The fourth-order valence-electron chi connectivity index (χ4n) is 0.507. The van der Waals surface area contributed by atoms with E-state index in [0.29, 0.717) is 11.2 Å². The number of rotatable bonds is 1. The number of aliphatic imine (C=N–C) groups is 1. The lowest BCUT2D eigenvalue weighted by Gasteiger charge is -1.96. The minimum atomic E-state index is 0.500. The Morgan fingerprint density at radius 3 is 2.89 bits per heavy atom. The zero-order chi connectivity index (χ0) is 6.69. The average molecular weight is 143 g/mol. The van der Waals surface area contributed by atoms with E-state index in [1.54, 1.807) is 0 Å². The highest BCUT2D eigenvalue weighted by molar-refractivity contribution is 7.80. The van der Waals surface area contributed by atoms with Crippen molar-refractivity contribution < 1.29 is 0 Å². The van der Waals surface area contributed by atoms with Crippen molar-refractivity contribution in [3.05, 3.63) is 0 Å². The van der Waals surface area contributed by atoms with Crippen LogP contribution in [0.4, 0.5) is 0 Å². The van der Waals surface area contributed by atoms with E-state index in [1.165, 1.54) is 19.2 Å². The molecule has 1 saturated carbocycles. The van der Waals surface area contributed by atoms with Gasteiger partial charge in [0.25, 0.3) is 0 Å². The zero-order valence-electron chi connectivity index (χ0n) is 5.00. The van der Waals surface area contributed by atoms with Crippen LogP contribution in [0.15, 0.2) is 4.99 Å². The van der Waals surface area contributed by atoms with Gasteiger partial charge in [0, 0.05) is 6.04 Å². The molecule has 0 unspecified atom stereocenters. The topological polar surface area (TPSA) is 50.4 Å². The first kappa shape index (κ1) is 6.48. The molecule has 0 radical (unpaired) electrons. The molecule has 3 nitrogen and oxygen atoms in total. The van der Waals surface area contributed by atoms with E-state index < -0.39 is 0 Å². The molecule has 1 aliphatic carbocycles. The highest BCUT2D eigenvalue weighted by atomic mass is 32.1. The van der Waals surface area contributed by atoms with E-state index in [4.69, 9.17) is 18.0 Å². The van der Waals surface area contributed by atoms with E-state index in [2.05, 4.69) is 10.3 Å². The molecule has 0 spiro atoms. The number of hydrogen-bond acceptors (Lipinski definition) is 1. The standard InChI is InChI=1S/C5H9N3S/c6-3-7-5(9)8-4-1-2-4/h3-4H,1-2H2,(H3,6,7,8,9). The Labute approximate surface area is 59.3 Å². The summed E-state index contributed by atoms with van der Waals surface area (Å²) < 4.78 is 0. The van der Waals surface area contributed by atoms with Crippen molar-refractivity contribution in [1.82, 2.24) is 5.32 Å². The van der Waals surface area contributed by atoms with Gasteiger partial charge in [0.2, 0.25) is 0 Å². The summed E-state index contributed by atoms with van der Waals surface area (Å²) in [6.07, 6.45) is 3.62. The van der Waals surface area contributed by atoms with Gasteiger partial charge in [0.15, 0.2) is 5.11 Å². The highest BCUT2D eigenvalue weighted by Gasteiger charge is 2.21. The van der Waals surface area contributed by atoms with Crippen LogP contribution in [0, 0.1) is 0 Å². The maximum absolute atomic E-state index is 5.01. The van der Waals surface area contributed by atoms with Crippen LogP contribution in [0.25, 0.3) is 0 Å². The number of nitrogens with zero attached hydrogens (tertiary/aromatic N) is 1. The van der Waals surface area contributed by atoms with Gasteiger partial charge in [0.1, 0.15) is 0 Å². The van der Waals surface area contributed by atoms with Crippen molar-refractivity contribution in [1.29, 1.82) is 0 Å².